The molecular weight excluding hydrogens is 278 g/mol. The van der Waals surface area contributed by atoms with E-state index in [0.29, 0.717) is 19.7 Å². The van der Waals surface area contributed by atoms with Crippen LogP contribution in [-0.2, 0) is 14.3 Å². The molecule has 2 N–H and O–H groups in total. The van der Waals surface area contributed by atoms with Crippen molar-refractivity contribution in [3.8, 4) is 0 Å². The number of carbonyl (C=O) groups is 2. The van der Waals surface area contributed by atoms with E-state index in [2.05, 4.69) is 10.2 Å². The molecule has 1 atom stereocenters. The number of nitrogens with zero attached hydrogens (tertiary/aromatic N) is 2. The normalized spacial score (nSPS) is 23.8. The molecule has 2 amide bonds. The van der Waals surface area contributed by atoms with Crippen LogP contribution in [0, 0.1) is 0 Å². The molecule has 0 aromatic carbocycles. The highest BCUT2D eigenvalue weighted by molar-refractivity contribution is 5.82. The minimum atomic E-state index is -1.03. The average Bonchev–Trinajstić information content (AvgIpc) is 2.52. The van der Waals surface area contributed by atoms with Crippen molar-refractivity contribution in [3.63, 3.8) is 0 Å². The fraction of sp³-hybridized carbons (Fsp3) is 0.846. The largest absolute Gasteiger partial charge is 0.480 e. The van der Waals surface area contributed by atoms with Crippen LogP contribution < -0.4 is 5.32 Å². The van der Waals surface area contributed by atoms with Crippen molar-refractivity contribution in [3.05, 3.63) is 0 Å². The molecule has 2 heterocycles. The van der Waals surface area contributed by atoms with Crippen LogP contribution in [0.4, 0.5) is 4.79 Å². The highest BCUT2D eigenvalue weighted by atomic mass is 16.5. The number of aliphatic carboxylic acids is 1. The monoisotopic (exact) mass is 301 g/mol. The molecule has 0 aliphatic carbocycles. The average molecular weight is 301 g/mol. The Morgan fingerprint density at radius 1 is 1.14 bits per heavy atom. The zero-order valence-electron chi connectivity index (χ0n) is 12.1. The fourth-order valence-corrected chi connectivity index (χ4v) is 2.48. The number of nitrogens with one attached hydrogen (secondary N) is 1. The van der Waals surface area contributed by atoms with Crippen molar-refractivity contribution in [2.75, 3.05) is 59.2 Å². The summed E-state index contributed by atoms with van der Waals surface area (Å²) in [6.45, 7) is 5.58. The van der Waals surface area contributed by atoms with E-state index in [0.717, 1.165) is 39.3 Å². The molecule has 2 aliphatic rings. The topological polar surface area (TPSA) is 91.3 Å². The summed E-state index contributed by atoms with van der Waals surface area (Å²) in [5, 5.41) is 11.9. The minimum Gasteiger partial charge on any atom is -0.480 e. The zero-order chi connectivity index (χ0) is 15.1. The van der Waals surface area contributed by atoms with Crippen LogP contribution >= 0.6 is 0 Å². The Balaban J connectivity index is 1.67. The van der Waals surface area contributed by atoms with Crippen LogP contribution in [-0.4, -0.2) is 92.1 Å². The lowest BCUT2D eigenvalue weighted by atomic mass is 10.2. The molecule has 0 radical (unpaired) electrons. The lowest BCUT2D eigenvalue weighted by Crippen LogP contribution is -2.55. The standard InChI is InChI=1S/C13H23N3O5/c17-12(18)11-10-21-9-6-16(11)13(19)14-2-1-3-15-4-7-20-8-5-15/h11H,1-10H2,(H,14,19)(H,17,18). The van der Waals surface area contributed by atoms with E-state index in [1.165, 1.54) is 4.90 Å². The van der Waals surface area contributed by atoms with Gasteiger partial charge in [0.25, 0.3) is 0 Å². The molecule has 120 valence electrons. The Labute approximate surface area is 124 Å². The van der Waals surface area contributed by atoms with Crippen LogP contribution in [0.1, 0.15) is 6.42 Å². The lowest BCUT2D eigenvalue weighted by molar-refractivity contribution is -0.147. The van der Waals surface area contributed by atoms with Gasteiger partial charge in [0.1, 0.15) is 0 Å². The molecular formula is C13H23N3O5. The lowest BCUT2D eigenvalue weighted by Gasteiger charge is -2.33. The summed E-state index contributed by atoms with van der Waals surface area (Å²) in [4.78, 5) is 26.7. The van der Waals surface area contributed by atoms with Crippen LogP contribution in [0.2, 0.25) is 0 Å². The van der Waals surface area contributed by atoms with E-state index in [4.69, 9.17) is 14.6 Å². The molecule has 0 saturated carbocycles. The summed E-state index contributed by atoms with van der Waals surface area (Å²) in [6.07, 6.45) is 0.841. The molecule has 8 nitrogen and oxygen atoms in total. The molecule has 0 bridgehead atoms. The van der Waals surface area contributed by atoms with Gasteiger partial charge in [0.05, 0.1) is 26.4 Å². The number of hydrogen-bond donors (Lipinski definition) is 2. The highest BCUT2D eigenvalue weighted by Crippen LogP contribution is 2.07. The Bertz CT molecular complexity index is 360. The van der Waals surface area contributed by atoms with Crippen molar-refractivity contribution >= 4 is 12.0 Å². The van der Waals surface area contributed by atoms with Crippen molar-refractivity contribution in [1.29, 1.82) is 0 Å². The molecule has 1 unspecified atom stereocenters. The Kier molecular flexibility index (Phi) is 6.21. The van der Waals surface area contributed by atoms with E-state index in [9.17, 15) is 9.59 Å². The quantitative estimate of drug-likeness (QED) is 0.646. The smallest absolute Gasteiger partial charge is 0.328 e. The van der Waals surface area contributed by atoms with E-state index >= 15 is 0 Å². The Morgan fingerprint density at radius 3 is 2.57 bits per heavy atom. The molecule has 8 heteroatoms. The predicted molar refractivity (Wildman–Crippen MR) is 74.2 cm³/mol. The zero-order valence-corrected chi connectivity index (χ0v) is 12.1. The second kappa shape index (κ2) is 8.16. The van der Waals surface area contributed by atoms with Gasteiger partial charge < -0.3 is 24.8 Å². The minimum absolute atomic E-state index is 0.0521. The fourth-order valence-electron chi connectivity index (χ4n) is 2.48. The third kappa shape index (κ3) is 4.83. The summed E-state index contributed by atoms with van der Waals surface area (Å²) < 4.78 is 10.4. The number of rotatable bonds is 5. The predicted octanol–water partition coefficient (Wildman–Crippen LogP) is -0.796. The first-order chi connectivity index (χ1) is 10.2. The molecule has 21 heavy (non-hydrogen) atoms. The van der Waals surface area contributed by atoms with E-state index in [1.54, 1.807) is 0 Å². The van der Waals surface area contributed by atoms with Crippen LogP contribution in [0.25, 0.3) is 0 Å². The first-order valence-electron chi connectivity index (χ1n) is 7.33. The molecule has 2 saturated heterocycles. The van der Waals surface area contributed by atoms with Gasteiger partial charge in [-0.3, -0.25) is 4.90 Å². The van der Waals surface area contributed by atoms with Crippen molar-refractivity contribution in [2.24, 2.45) is 0 Å². The van der Waals surface area contributed by atoms with E-state index in [1.807, 2.05) is 0 Å². The SMILES string of the molecule is O=C(O)C1COCCN1C(=O)NCCCN1CCOCC1. The number of amides is 2. The van der Waals surface area contributed by atoms with Gasteiger partial charge in [0.2, 0.25) is 0 Å². The van der Waals surface area contributed by atoms with Gasteiger partial charge in [0, 0.05) is 26.2 Å². The summed E-state index contributed by atoms with van der Waals surface area (Å²) >= 11 is 0. The van der Waals surface area contributed by atoms with Crippen LogP contribution in [0.15, 0.2) is 0 Å². The summed E-state index contributed by atoms with van der Waals surface area (Å²) in [7, 11) is 0. The number of ether oxygens (including phenoxy) is 2. The summed E-state index contributed by atoms with van der Waals surface area (Å²) in [5.41, 5.74) is 0. The van der Waals surface area contributed by atoms with Gasteiger partial charge in [-0.25, -0.2) is 9.59 Å². The molecule has 0 aromatic heterocycles. The van der Waals surface area contributed by atoms with E-state index < -0.39 is 12.0 Å². The first-order valence-corrected chi connectivity index (χ1v) is 7.33. The van der Waals surface area contributed by atoms with Gasteiger partial charge in [-0.2, -0.15) is 0 Å². The molecule has 2 aliphatic heterocycles. The van der Waals surface area contributed by atoms with Gasteiger partial charge in [-0.1, -0.05) is 0 Å². The van der Waals surface area contributed by atoms with Crippen molar-refractivity contribution in [1.82, 2.24) is 15.1 Å². The van der Waals surface area contributed by atoms with Gasteiger partial charge in [-0.15, -0.1) is 0 Å². The maximum atomic E-state index is 12.0. The number of hydrogen-bond acceptors (Lipinski definition) is 5. The molecule has 0 aromatic rings. The maximum Gasteiger partial charge on any atom is 0.328 e. The molecule has 2 rings (SSSR count). The van der Waals surface area contributed by atoms with E-state index in [-0.39, 0.29) is 12.6 Å². The third-order valence-corrected chi connectivity index (χ3v) is 3.71. The third-order valence-electron chi connectivity index (χ3n) is 3.71. The first kappa shape index (κ1) is 16.0. The molecule has 2 fully saturated rings. The number of carboxylic acids is 1. The number of morpholine rings is 2. The number of carbonyl (C=O) groups excluding carboxylic acids is 1. The van der Waals surface area contributed by atoms with Crippen LogP contribution in [0.5, 0.6) is 0 Å². The summed E-state index contributed by atoms with van der Waals surface area (Å²) in [5.74, 6) is -1.03. The second-order valence-electron chi connectivity index (χ2n) is 5.16. The van der Waals surface area contributed by atoms with Gasteiger partial charge >= 0.3 is 12.0 Å². The van der Waals surface area contributed by atoms with Crippen molar-refractivity contribution in [2.45, 2.75) is 12.5 Å². The number of carboxylic acid groups (broad SMARTS) is 1. The second-order valence-corrected chi connectivity index (χ2v) is 5.16. The summed E-state index contributed by atoms with van der Waals surface area (Å²) in [6, 6.07) is -1.22. The molecule has 0 spiro atoms. The maximum absolute atomic E-state index is 12.0. The highest BCUT2D eigenvalue weighted by Gasteiger charge is 2.32. The number of urea groups is 1. The van der Waals surface area contributed by atoms with Crippen molar-refractivity contribution < 1.29 is 24.2 Å². The van der Waals surface area contributed by atoms with Gasteiger partial charge in [0.15, 0.2) is 6.04 Å². The van der Waals surface area contributed by atoms with Gasteiger partial charge in [-0.05, 0) is 13.0 Å². The Morgan fingerprint density at radius 2 is 1.86 bits per heavy atom. The Hall–Kier alpha value is -1.38. The van der Waals surface area contributed by atoms with Crippen LogP contribution in [0.3, 0.4) is 0 Å².